The number of halogens is 1. The van der Waals surface area contributed by atoms with E-state index in [1.54, 1.807) is 25.2 Å². The highest BCUT2D eigenvalue weighted by Crippen LogP contribution is 2.05. The van der Waals surface area contributed by atoms with Crippen molar-refractivity contribution in [1.82, 2.24) is 10.6 Å². The van der Waals surface area contributed by atoms with E-state index < -0.39 is 10.8 Å². The van der Waals surface area contributed by atoms with Gasteiger partial charge in [-0.1, -0.05) is 48.5 Å². The number of rotatable bonds is 7. The minimum absolute atomic E-state index is 0.246. The summed E-state index contributed by atoms with van der Waals surface area (Å²) < 4.78 is 25.6. The van der Waals surface area contributed by atoms with Crippen molar-refractivity contribution < 1.29 is 8.60 Å². The number of hydrogen-bond acceptors (Lipinski definition) is 2. The maximum absolute atomic E-state index is 13.6. The van der Waals surface area contributed by atoms with Gasteiger partial charge in [-0.15, -0.1) is 0 Å². The summed E-state index contributed by atoms with van der Waals surface area (Å²) in [5.74, 6) is 1.39. The Morgan fingerprint density at radius 3 is 2.50 bits per heavy atom. The van der Waals surface area contributed by atoms with Gasteiger partial charge >= 0.3 is 0 Å². The summed E-state index contributed by atoms with van der Waals surface area (Å²) in [6, 6.07) is 16.4. The predicted octanol–water partition coefficient (Wildman–Crippen LogP) is 2.44. The third-order valence-corrected chi connectivity index (χ3v) is 4.74. The molecule has 2 aromatic carbocycles. The normalized spacial score (nSPS) is 12.7. The third kappa shape index (κ3) is 6.12. The van der Waals surface area contributed by atoms with Crippen LogP contribution in [0.3, 0.4) is 0 Å². The van der Waals surface area contributed by atoms with Crippen molar-refractivity contribution in [3.8, 4) is 0 Å². The van der Waals surface area contributed by atoms with Gasteiger partial charge in [0.1, 0.15) is 5.82 Å². The van der Waals surface area contributed by atoms with Crippen LogP contribution in [0.2, 0.25) is 0 Å². The Hall–Kier alpha value is -2.21. The predicted molar refractivity (Wildman–Crippen MR) is 97.8 cm³/mol. The first kappa shape index (κ1) is 18.1. The van der Waals surface area contributed by atoms with Gasteiger partial charge in [-0.25, -0.2) is 4.39 Å². The molecule has 0 radical (unpaired) electrons. The number of aliphatic imine (C=N–C) groups is 1. The zero-order valence-electron chi connectivity index (χ0n) is 13.7. The smallest absolute Gasteiger partial charge is 0.191 e. The van der Waals surface area contributed by atoms with Gasteiger partial charge in [-0.3, -0.25) is 9.20 Å². The molecule has 0 saturated heterocycles. The van der Waals surface area contributed by atoms with Gasteiger partial charge in [0.05, 0.1) is 0 Å². The molecule has 1 unspecified atom stereocenters. The lowest BCUT2D eigenvalue weighted by Crippen LogP contribution is -2.38. The highest BCUT2D eigenvalue weighted by Gasteiger charge is 2.04. The Balaban J connectivity index is 1.72. The molecule has 2 N–H and O–H groups in total. The molecule has 0 aliphatic carbocycles. The lowest BCUT2D eigenvalue weighted by molar-refractivity contribution is 0.605. The fraction of sp³-hybridized carbons (Fsp3) is 0.278. The molecule has 6 heteroatoms. The highest BCUT2D eigenvalue weighted by molar-refractivity contribution is 7.84. The maximum Gasteiger partial charge on any atom is 0.191 e. The molecule has 2 aromatic rings. The van der Waals surface area contributed by atoms with Gasteiger partial charge in [0.15, 0.2) is 5.96 Å². The Kier molecular flexibility index (Phi) is 7.42. The molecule has 0 amide bonds. The molecule has 128 valence electrons. The Morgan fingerprint density at radius 2 is 1.79 bits per heavy atom. The quantitative estimate of drug-likeness (QED) is 0.597. The molecule has 0 spiro atoms. The van der Waals surface area contributed by atoms with Crippen LogP contribution in [0.1, 0.15) is 11.1 Å². The van der Waals surface area contributed by atoms with Crippen molar-refractivity contribution in [3.63, 3.8) is 0 Å². The molecule has 0 heterocycles. The first-order valence-corrected chi connectivity index (χ1v) is 9.24. The summed E-state index contributed by atoms with van der Waals surface area (Å²) in [7, 11) is 0.712. The molecule has 0 saturated carbocycles. The van der Waals surface area contributed by atoms with Crippen molar-refractivity contribution in [2.45, 2.75) is 12.3 Å². The molecule has 2 rings (SSSR count). The second-order valence-electron chi connectivity index (χ2n) is 5.22. The fourth-order valence-corrected chi connectivity index (χ4v) is 3.20. The van der Waals surface area contributed by atoms with Crippen LogP contribution in [-0.4, -0.2) is 29.5 Å². The third-order valence-electron chi connectivity index (χ3n) is 3.42. The summed E-state index contributed by atoms with van der Waals surface area (Å²) in [5, 5.41) is 6.15. The lowest BCUT2D eigenvalue weighted by Gasteiger charge is -2.12. The van der Waals surface area contributed by atoms with E-state index in [4.69, 9.17) is 0 Å². The molecule has 0 aliphatic heterocycles. The van der Waals surface area contributed by atoms with E-state index in [0.29, 0.717) is 36.1 Å². The molecule has 0 fully saturated rings. The SMILES string of the molecule is CN=C(NCCS(=O)Cc1ccccc1)NCc1ccccc1F. The second-order valence-corrected chi connectivity index (χ2v) is 6.79. The van der Waals surface area contributed by atoms with Crippen LogP contribution in [0.4, 0.5) is 4.39 Å². The average Bonchev–Trinajstić information content (AvgIpc) is 2.60. The number of guanidine groups is 1. The van der Waals surface area contributed by atoms with Crippen molar-refractivity contribution in [3.05, 3.63) is 71.5 Å². The van der Waals surface area contributed by atoms with Gasteiger partial charge in [-0.05, 0) is 11.6 Å². The van der Waals surface area contributed by atoms with Crippen LogP contribution >= 0.6 is 0 Å². The highest BCUT2D eigenvalue weighted by atomic mass is 32.2. The Morgan fingerprint density at radius 1 is 1.08 bits per heavy atom. The molecule has 4 nitrogen and oxygen atoms in total. The summed E-state index contributed by atoms with van der Waals surface area (Å²) in [4.78, 5) is 4.09. The standard InChI is InChI=1S/C18H22FN3OS/c1-20-18(22-13-16-9-5-6-10-17(16)19)21-11-12-24(23)14-15-7-3-2-4-8-15/h2-10H,11-14H2,1H3,(H2,20,21,22). The number of hydrogen-bond donors (Lipinski definition) is 2. The van der Waals surface area contributed by atoms with Gasteiger partial charge < -0.3 is 10.6 Å². The van der Waals surface area contributed by atoms with E-state index in [0.717, 1.165) is 5.56 Å². The summed E-state index contributed by atoms with van der Waals surface area (Å²) in [5.41, 5.74) is 1.64. The molecule has 1 atom stereocenters. The van der Waals surface area contributed by atoms with Crippen LogP contribution in [0.25, 0.3) is 0 Å². The maximum atomic E-state index is 13.6. The van der Waals surface area contributed by atoms with E-state index in [1.165, 1.54) is 6.07 Å². The van der Waals surface area contributed by atoms with E-state index in [2.05, 4.69) is 15.6 Å². The zero-order valence-corrected chi connectivity index (χ0v) is 14.5. The fourth-order valence-electron chi connectivity index (χ4n) is 2.16. The monoisotopic (exact) mass is 347 g/mol. The van der Waals surface area contributed by atoms with Crippen LogP contribution in [0.15, 0.2) is 59.6 Å². The van der Waals surface area contributed by atoms with E-state index >= 15 is 0 Å². The van der Waals surface area contributed by atoms with Crippen molar-refractivity contribution in [2.24, 2.45) is 4.99 Å². The van der Waals surface area contributed by atoms with Gasteiger partial charge in [0.25, 0.3) is 0 Å². The van der Waals surface area contributed by atoms with Crippen molar-refractivity contribution in [1.29, 1.82) is 0 Å². The summed E-state index contributed by atoms with van der Waals surface area (Å²) in [6.45, 7) is 0.885. The lowest BCUT2D eigenvalue weighted by atomic mass is 10.2. The minimum Gasteiger partial charge on any atom is -0.355 e. The zero-order chi connectivity index (χ0) is 17.2. The number of nitrogens with zero attached hydrogens (tertiary/aromatic N) is 1. The Labute approximate surface area is 144 Å². The van der Waals surface area contributed by atoms with Gasteiger partial charge in [0, 0.05) is 48.0 Å². The molecular formula is C18H22FN3OS. The number of nitrogens with one attached hydrogen (secondary N) is 2. The van der Waals surface area contributed by atoms with E-state index in [-0.39, 0.29) is 5.82 Å². The molecule has 0 aliphatic rings. The molecule has 24 heavy (non-hydrogen) atoms. The molecule has 0 aromatic heterocycles. The van der Waals surface area contributed by atoms with Crippen LogP contribution in [0, 0.1) is 5.82 Å². The summed E-state index contributed by atoms with van der Waals surface area (Å²) in [6.07, 6.45) is 0. The van der Waals surface area contributed by atoms with Crippen LogP contribution in [0.5, 0.6) is 0 Å². The van der Waals surface area contributed by atoms with Crippen LogP contribution in [-0.2, 0) is 23.1 Å². The average molecular weight is 347 g/mol. The second kappa shape index (κ2) is 9.82. The van der Waals surface area contributed by atoms with Gasteiger partial charge in [-0.2, -0.15) is 0 Å². The largest absolute Gasteiger partial charge is 0.355 e. The number of benzene rings is 2. The molecule has 0 bridgehead atoms. The first-order chi connectivity index (χ1) is 11.7. The van der Waals surface area contributed by atoms with Gasteiger partial charge in [0.2, 0.25) is 0 Å². The minimum atomic E-state index is -0.938. The van der Waals surface area contributed by atoms with E-state index in [1.807, 2.05) is 30.3 Å². The Bertz CT molecular complexity index is 692. The van der Waals surface area contributed by atoms with E-state index in [9.17, 15) is 8.60 Å². The van der Waals surface area contributed by atoms with Crippen LogP contribution < -0.4 is 10.6 Å². The van der Waals surface area contributed by atoms with Crippen molar-refractivity contribution >= 4 is 16.8 Å². The van der Waals surface area contributed by atoms with Crippen molar-refractivity contribution in [2.75, 3.05) is 19.3 Å². The topological polar surface area (TPSA) is 53.5 Å². The first-order valence-electron chi connectivity index (χ1n) is 7.76. The molecular weight excluding hydrogens is 325 g/mol. The summed E-state index contributed by atoms with van der Waals surface area (Å²) >= 11 is 0.